The Labute approximate surface area is 159 Å². The molecule has 0 aliphatic heterocycles. The summed E-state index contributed by atoms with van der Waals surface area (Å²) in [6.07, 6.45) is 1.89. The van der Waals surface area contributed by atoms with Crippen molar-refractivity contribution in [3.63, 3.8) is 0 Å². The first-order valence-corrected chi connectivity index (χ1v) is 9.10. The average Bonchev–Trinajstić information content (AvgIpc) is 2.52. The van der Waals surface area contributed by atoms with Gasteiger partial charge >= 0.3 is 11.9 Å². The van der Waals surface area contributed by atoms with Crippen molar-refractivity contribution in [2.45, 2.75) is 64.8 Å². The summed E-state index contributed by atoms with van der Waals surface area (Å²) in [6.45, 7) is 8.19. The number of hydrogen-bond acceptors (Lipinski definition) is 7. The second-order valence-corrected chi connectivity index (χ2v) is 7.74. The number of Topliss-reactive ketones (excluding diaryl/α,β-unsaturated/α-hetero) is 1. The van der Waals surface area contributed by atoms with E-state index in [4.69, 9.17) is 9.47 Å². The lowest BCUT2D eigenvalue weighted by Gasteiger charge is -2.43. The summed E-state index contributed by atoms with van der Waals surface area (Å²) >= 11 is 0. The number of nitrogens with zero attached hydrogens (tertiary/aromatic N) is 1. The lowest BCUT2D eigenvalue weighted by molar-refractivity contribution is -0.176. The van der Waals surface area contributed by atoms with Crippen LogP contribution in [-0.2, 0) is 23.9 Å². The molecule has 0 saturated heterocycles. The zero-order valence-electron chi connectivity index (χ0n) is 16.3. The SMILES string of the molecule is CC(C)OC(=O)[C@H]1C(=O)C[C@@](C)(O)[C@H](C(=O)OC(C)C)[C@@H]1c1cccnc1. The Morgan fingerprint density at radius 1 is 1.19 bits per heavy atom. The fraction of sp³-hybridized carbons (Fsp3) is 0.600. The normalized spacial score (nSPS) is 28.3. The molecule has 4 atom stereocenters. The van der Waals surface area contributed by atoms with Gasteiger partial charge in [0.1, 0.15) is 5.92 Å². The van der Waals surface area contributed by atoms with Crippen molar-refractivity contribution in [2.75, 3.05) is 0 Å². The maximum absolute atomic E-state index is 12.8. The Bertz CT molecular complexity index is 690. The highest BCUT2D eigenvalue weighted by atomic mass is 16.5. The molecule has 0 spiro atoms. The third-order valence-electron chi connectivity index (χ3n) is 4.55. The Morgan fingerprint density at radius 2 is 1.78 bits per heavy atom. The van der Waals surface area contributed by atoms with Crippen LogP contribution in [0.15, 0.2) is 24.5 Å². The largest absolute Gasteiger partial charge is 0.463 e. The van der Waals surface area contributed by atoms with Crippen molar-refractivity contribution < 1.29 is 29.0 Å². The molecule has 0 radical (unpaired) electrons. The van der Waals surface area contributed by atoms with Gasteiger partial charge in [0.05, 0.1) is 23.7 Å². The Kier molecular flexibility index (Phi) is 6.36. The predicted octanol–water partition coefficient (Wildman–Crippen LogP) is 2.02. The molecule has 1 fully saturated rings. The number of carbonyl (C=O) groups is 3. The Balaban J connectivity index is 2.57. The van der Waals surface area contributed by atoms with Crippen LogP contribution in [0.25, 0.3) is 0 Å². The second kappa shape index (κ2) is 8.17. The first-order chi connectivity index (χ1) is 12.5. The molecule has 1 N–H and O–H groups in total. The van der Waals surface area contributed by atoms with Crippen LogP contribution in [0.1, 0.15) is 52.5 Å². The number of esters is 2. The van der Waals surface area contributed by atoms with E-state index >= 15 is 0 Å². The number of carbonyl (C=O) groups excluding carboxylic acids is 3. The van der Waals surface area contributed by atoms with E-state index < -0.39 is 53.3 Å². The van der Waals surface area contributed by atoms with Crippen LogP contribution in [0.2, 0.25) is 0 Å². The van der Waals surface area contributed by atoms with E-state index in [2.05, 4.69) is 4.98 Å². The third kappa shape index (κ3) is 4.71. The monoisotopic (exact) mass is 377 g/mol. The smallest absolute Gasteiger partial charge is 0.317 e. The molecule has 1 aliphatic carbocycles. The fourth-order valence-corrected chi connectivity index (χ4v) is 3.60. The van der Waals surface area contributed by atoms with Gasteiger partial charge in [0.15, 0.2) is 5.78 Å². The molecular formula is C20H27NO6. The molecule has 0 amide bonds. The van der Waals surface area contributed by atoms with Crippen molar-refractivity contribution in [3.8, 4) is 0 Å². The fourth-order valence-electron chi connectivity index (χ4n) is 3.60. The lowest BCUT2D eigenvalue weighted by atomic mass is 9.62. The van der Waals surface area contributed by atoms with E-state index in [1.54, 1.807) is 46.0 Å². The average molecular weight is 377 g/mol. The highest BCUT2D eigenvalue weighted by Gasteiger charge is 2.57. The van der Waals surface area contributed by atoms with Gasteiger partial charge < -0.3 is 14.6 Å². The van der Waals surface area contributed by atoms with Crippen molar-refractivity contribution in [1.29, 1.82) is 0 Å². The number of hydrogen-bond donors (Lipinski definition) is 1. The van der Waals surface area contributed by atoms with Crippen LogP contribution in [0.4, 0.5) is 0 Å². The number of pyridine rings is 1. The molecule has 1 aromatic heterocycles. The standard InChI is InChI=1S/C20H27NO6/c1-11(2)26-18(23)16-14(22)9-20(5,25)17(19(24)27-12(3)4)15(16)13-7-6-8-21-10-13/h6-8,10-12,15-17,25H,9H2,1-5H3/t15-,16+,17+,20-/m1/s1. The summed E-state index contributed by atoms with van der Waals surface area (Å²) < 4.78 is 10.6. The summed E-state index contributed by atoms with van der Waals surface area (Å²) in [7, 11) is 0. The van der Waals surface area contributed by atoms with Crippen molar-refractivity contribution in [3.05, 3.63) is 30.1 Å². The van der Waals surface area contributed by atoms with Crippen molar-refractivity contribution >= 4 is 17.7 Å². The maximum Gasteiger partial charge on any atom is 0.317 e. The molecule has 1 aromatic rings. The van der Waals surface area contributed by atoms with E-state index in [0.717, 1.165) is 0 Å². The number of aromatic nitrogens is 1. The first-order valence-electron chi connectivity index (χ1n) is 9.10. The Morgan fingerprint density at radius 3 is 2.30 bits per heavy atom. The molecule has 1 heterocycles. The molecule has 0 aromatic carbocycles. The number of ether oxygens (including phenoxy) is 2. The maximum atomic E-state index is 12.8. The molecule has 0 unspecified atom stereocenters. The first kappa shape index (κ1) is 21.0. The molecule has 148 valence electrons. The van der Waals surface area contributed by atoms with E-state index in [0.29, 0.717) is 5.56 Å². The zero-order chi connectivity index (χ0) is 20.4. The van der Waals surface area contributed by atoms with Crippen LogP contribution in [0.3, 0.4) is 0 Å². The van der Waals surface area contributed by atoms with Crippen LogP contribution in [-0.4, -0.2) is 45.6 Å². The molecule has 7 heteroatoms. The van der Waals surface area contributed by atoms with E-state index in [1.807, 2.05) is 0 Å². The topological polar surface area (TPSA) is 103 Å². The summed E-state index contributed by atoms with van der Waals surface area (Å²) in [5, 5.41) is 10.9. The summed E-state index contributed by atoms with van der Waals surface area (Å²) in [5.41, 5.74) is -1.15. The van der Waals surface area contributed by atoms with Crippen LogP contribution in [0, 0.1) is 11.8 Å². The number of aliphatic hydroxyl groups is 1. The van der Waals surface area contributed by atoms with Gasteiger partial charge in [0, 0.05) is 24.7 Å². The molecular weight excluding hydrogens is 350 g/mol. The zero-order valence-corrected chi connectivity index (χ0v) is 16.3. The van der Waals surface area contributed by atoms with Crippen molar-refractivity contribution in [1.82, 2.24) is 4.98 Å². The van der Waals surface area contributed by atoms with Gasteiger partial charge in [-0.3, -0.25) is 19.4 Å². The summed E-state index contributed by atoms with van der Waals surface area (Å²) in [5.74, 6) is -5.06. The third-order valence-corrected chi connectivity index (χ3v) is 4.55. The molecule has 7 nitrogen and oxygen atoms in total. The summed E-state index contributed by atoms with van der Waals surface area (Å²) in [6, 6.07) is 3.33. The Hall–Kier alpha value is -2.28. The second-order valence-electron chi connectivity index (χ2n) is 7.74. The van der Waals surface area contributed by atoms with Gasteiger partial charge in [-0.2, -0.15) is 0 Å². The summed E-state index contributed by atoms with van der Waals surface area (Å²) in [4.78, 5) is 42.4. The molecule has 2 rings (SSSR count). The van der Waals surface area contributed by atoms with Gasteiger partial charge in [-0.25, -0.2) is 0 Å². The predicted molar refractivity (Wildman–Crippen MR) is 96.7 cm³/mol. The van der Waals surface area contributed by atoms with Crippen LogP contribution < -0.4 is 0 Å². The molecule has 1 aliphatic rings. The van der Waals surface area contributed by atoms with Gasteiger partial charge in [-0.1, -0.05) is 6.07 Å². The van der Waals surface area contributed by atoms with E-state index in [9.17, 15) is 19.5 Å². The van der Waals surface area contributed by atoms with Crippen LogP contribution >= 0.6 is 0 Å². The van der Waals surface area contributed by atoms with Crippen LogP contribution in [0.5, 0.6) is 0 Å². The molecule has 27 heavy (non-hydrogen) atoms. The van der Waals surface area contributed by atoms with Gasteiger partial charge in [-0.15, -0.1) is 0 Å². The quantitative estimate of drug-likeness (QED) is 0.618. The van der Waals surface area contributed by atoms with Crippen molar-refractivity contribution in [2.24, 2.45) is 11.8 Å². The minimum Gasteiger partial charge on any atom is -0.463 e. The minimum atomic E-state index is -1.65. The highest BCUT2D eigenvalue weighted by molar-refractivity contribution is 6.02. The van der Waals surface area contributed by atoms with E-state index in [1.165, 1.54) is 13.1 Å². The van der Waals surface area contributed by atoms with Gasteiger partial charge in [0.25, 0.3) is 0 Å². The molecule has 0 bridgehead atoms. The van der Waals surface area contributed by atoms with Gasteiger partial charge in [0.2, 0.25) is 0 Å². The van der Waals surface area contributed by atoms with Gasteiger partial charge in [-0.05, 0) is 46.2 Å². The molecule has 1 saturated carbocycles. The highest BCUT2D eigenvalue weighted by Crippen LogP contribution is 2.46. The lowest BCUT2D eigenvalue weighted by Crippen LogP contribution is -2.55. The number of rotatable bonds is 5. The number of ketones is 1. The minimum absolute atomic E-state index is 0.334. The van der Waals surface area contributed by atoms with E-state index in [-0.39, 0.29) is 6.42 Å².